The first kappa shape index (κ1) is 28.4. The van der Waals surface area contributed by atoms with Crippen LogP contribution in [0, 0.1) is 0 Å². The molecule has 13 heteroatoms. The van der Waals surface area contributed by atoms with Crippen LogP contribution in [0.15, 0.2) is 46.4 Å². The first-order chi connectivity index (χ1) is 19.4. The number of carbonyl (C=O) groups excluding carboxylic acids is 1. The molecule has 1 amide bonds. The zero-order valence-corrected chi connectivity index (χ0v) is 24.1. The van der Waals surface area contributed by atoms with Crippen molar-refractivity contribution >= 4 is 48.3 Å². The van der Waals surface area contributed by atoms with E-state index in [4.69, 9.17) is 14.3 Å². The highest BCUT2D eigenvalue weighted by Gasteiger charge is 2.37. The number of fused-ring (bicyclic) bond motifs is 1. The topological polar surface area (TPSA) is 141 Å². The van der Waals surface area contributed by atoms with Gasteiger partial charge >= 0.3 is 0 Å². The van der Waals surface area contributed by atoms with Gasteiger partial charge in [0.05, 0.1) is 22.9 Å². The summed E-state index contributed by atoms with van der Waals surface area (Å²) < 4.78 is 36.4. The van der Waals surface area contributed by atoms with E-state index in [1.54, 1.807) is 31.4 Å². The third kappa shape index (κ3) is 6.77. The lowest BCUT2D eigenvalue weighted by Gasteiger charge is -2.12. The number of ether oxygens (including phenoxy) is 2. The second-order valence-electron chi connectivity index (χ2n) is 9.86. The maximum absolute atomic E-state index is 13.4. The molecule has 0 radical (unpaired) electrons. The Morgan fingerprint density at radius 3 is 2.55 bits per heavy atom. The molecule has 0 bridgehead atoms. The monoisotopic (exact) mass is 587 g/mol. The second kappa shape index (κ2) is 12.6. The van der Waals surface area contributed by atoms with Crippen molar-refractivity contribution in [1.29, 1.82) is 0 Å². The second-order valence-corrected chi connectivity index (χ2v) is 13.1. The van der Waals surface area contributed by atoms with Crippen LogP contribution in [0.5, 0.6) is 5.88 Å². The van der Waals surface area contributed by atoms with Gasteiger partial charge in [-0.3, -0.25) is 10.1 Å². The number of thiazole rings is 1. The Hall–Kier alpha value is -3.13. The number of carbonyl (C=O) groups is 1. The van der Waals surface area contributed by atoms with Crippen LogP contribution in [0.4, 0.5) is 5.13 Å². The number of oxime groups is 1. The molecule has 40 heavy (non-hydrogen) atoms. The maximum atomic E-state index is 13.4. The Balaban J connectivity index is 1.34. The van der Waals surface area contributed by atoms with E-state index >= 15 is 0 Å². The highest BCUT2D eigenvalue weighted by Crippen LogP contribution is 2.33. The number of amides is 1. The molecule has 2 fully saturated rings. The van der Waals surface area contributed by atoms with Gasteiger partial charge in [0, 0.05) is 25.2 Å². The standard InChI is InChI=1S/C27H33N5O6S2/c1-28-14-3-15-37-23-13-12-22-26(30-23)39-27(29-22)31-25(33)24(32-38-19-7-6-18(16-19)36-2)17-4-8-20(9-5-17)40(34,35)21-10-11-21/h4-5,8-9,12-13,18-19,21,28H,3,6-7,10-11,14-16H2,1-2H3,(H,29,31,33)/t18-,19-/m1/s1. The molecule has 0 unspecified atom stereocenters. The first-order valence-electron chi connectivity index (χ1n) is 13.3. The molecule has 2 atom stereocenters. The zero-order valence-electron chi connectivity index (χ0n) is 22.5. The SMILES string of the molecule is CNCCCOc1ccc2nc(NC(=O)C(=NO[C@@H]3CC[C@@H](OC)C3)c3ccc(S(=O)(=O)C4CC4)cc3)sc2n1. The number of nitrogens with zero attached hydrogens (tertiary/aromatic N) is 3. The Morgan fingerprint density at radius 1 is 1.07 bits per heavy atom. The largest absolute Gasteiger partial charge is 0.478 e. The predicted molar refractivity (Wildman–Crippen MR) is 153 cm³/mol. The van der Waals surface area contributed by atoms with E-state index in [2.05, 4.69) is 25.8 Å². The Morgan fingerprint density at radius 2 is 1.85 bits per heavy atom. The van der Waals surface area contributed by atoms with Crippen LogP contribution in [-0.2, 0) is 24.2 Å². The van der Waals surface area contributed by atoms with Crippen molar-refractivity contribution in [1.82, 2.24) is 15.3 Å². The van der Waals surface area contributed by atoms with Gasteiger partial charge in [-0.2, -0.15) is 0 Å². The smallest absolute Gasteiger partial charge is 0.280 e. The molecule has 0 aliphatic heterocycles. The van der Waals surface area contributed by atoms with E-state index in [0.29, 0.717) is 52.8 Å². The molecule has 3 aromatic rings. The van der Waals surface area contributed by atoms with E-state index in [0.717, 1.165) is 25.8 Å². The van der Waals surface area contributed by atoms with Crippen molar-refractivity contribution in [2.45, 2.75) is 60.9 Å². The third-order valence-electron chi connectivity index (χ3n) is 6.87. The lowest BCUT2D eigenvalue weighted by atomic mass is 10.1. The number of aromatic nitrogens is 2. The highest BCUT2D eigenvalue weighted by molar-refractivity contribution is 7.92. The van der Waals surface area contributed by atoms with Crippen LogP contribution < -0.4 is 15.4 Å². The van der Waals surface area contributed by atoms with Gasteiger partial charge in [-0.25, -0.2) is 18.4 Å². The Kier molecular flexibility index (Phi) is 8.94. The molecule has 2 aliphatic rings. The van der Waals surface area contributed by atoms with Gasteiger partial charge in [-0.1, -0.05) is 28.6 Å². The summed E-state index contributed by atoms with van der Waals surface area (Å²) in [5.41, 5.74) is 1.09. The molecule has 0 saturated heterocycles. The maximum Gasteiger partial charge on any atom is 0.280 e. The number of pyridine rings is 1. The molecule has 2 aliphatic carbocycles. The number of benzene rings is 1. The van der Waals surface area contributed by atoms with Gasteiger partial charge in [0.15, 0.2) is 20.7 Å². The zero-order chi connectivity index (χ0) is 28.1. The molecule has 11 nitrogen and oxygen atoms in total. The summed E-state index contributed by atoms with van der Waals surface area (Å²) in [6, 6.07) is 9.75. The van der Waals surface area contributed by atoms with Crippen LogP contribution in [0.2, 0.25) is 0 Å². The van der Waals surface area contributed by atoms with E-state index < -0.39 is 15.7 Å². The van der Waals surface area contributed by atoms with Gasteiger partial charge in [0.1, 0.15) is 16.5 Å². The lowest BCUT2D eigenvalue weighted by Crippen LogP contribution is -2.25. The van der Waals surface area contributed by atoms with Gasteiger partial charge in [0.25, 0.3) is 5.91 Å². The van der Waals surface area contributed by atoms with Gasteiger partial charge < -0.3 is 19.6 Å². The third-order valence-corrected chi connectivity index (χ3v) is 10.0. The minimum Gasteiger partial charge on any atom is -0.478 e. The molecule has 214 valence electrons. The van der Waals surface area contributed by atoms with E-state index in [1.807, 2.05) is 7.05 Å². The van der Waals surface area contributed by atoms with Crippen molar-refractivity contribution in [3.8, 4) is 5.88 Å². The molecule has 2 saturated carbocycles. The van der Waals surface area contributed by atoms with Gasteiger partial charge in [0.2, 0.25) is 5.88 Å². The Bertz CT molecular complexity index is 1470. The molecule has 2 heterocycles. The number of methoxy groups -OCH3 is 1. The predicted octanol–water partition coefficient (Wildman–Crippen LogP) is 3.54. The normalized spacial score (nSPS) is 19.6. The molecule has 5 rings (SSSR count). The van der Waals surface area contributed by atoms with Crippen molar-refractivity contribution in [3.63, 3.8) is 0 Å². The van der Waals surface area contributed by atoms with Crippen LogP contribution in [0.25, 0.3) is 10.3 Å². The minimum absolute atomic E-state index is 0.0250. The van der Waals surface area contributed by atoms with Crippen molar-refractivity contribution in [2.75, 3.05) is 32.6 Å². The van der Waals surface area contributed by atoms with Crippen molar-refractivity contribution in [2.24, 2.45) is 5.16 Å². The summed E-state index contributed by atoms with van der Waals surface area (Å²) in [6.07, 6.45) is 4.42. The fourth-order valence-electron chi connectivity index (χ4n) is 4.45. The number of rotatable bonds is 13. The van der Waals surface area contributed by atoms with Crippen molar-refractivity contribution < 1.29 is 27.5 Å². The average molecular weight is 588 g/mol. The summed E-state index contributed by atoms with van der Waals surface area (Å²) in [7, 11) is 0.200. The molecule has 2 aromatic heterocycles. The lowest BCUT2D eigenvalue weighted by molar-refractivity contribution is -0.110. The molecular formula is C27H33N5O6S2. The van der Waals surface area contributed by atoms with Crippen molar-refractivity contribution in [3.05, 3.63) is 42.0 Å². The molecule has 1 aromatic carbocycles. The summed E-state index contributed by atoms with van der Waals surface area (Å²) in [6.45, 7) is 1.38. The van der Waals surface area contributed by atoms with Crippen LogP contribution >= 0.6 is 11.3 Å². The molecule has 0 spiro atoms. The summed E-state index contributed by atoms with van der Waals surface area (Å²) in [5, 5.41) is 10.1. The fourth-order valence-corrected chi connectivity index (χ4v) is 6.93. The minimum atomic E-state index is -3.35. The van der Waals surface area contributed by atoms with Crippen LogP contribution in [0.1, 0.15) is 44.1 Å². The van der Waals surface area contributed by atoms with Crippen LogP contribution in [0.3, 0.4) is 0 Å². The fraction of sp³-hybridized carbons (Fsp3) is 0.481. The summed E-state index contributed by atoms with van der Waals surface area (Å²) in [4.78, 5) is 29.0. The van der Waals surface area contributed by atoms with Gasteiger partial charge in [-0.05, 0) is 63.9 Å². The van der Waals surface area contributed by atoms with E-state index in [1.165, 1.54) is 23.5 Å². The molecular weight excluding hydrogens is 554 g/mol. The molecule has 2 N–H and O–H groups in total. The highest BCUT2D eigenvalue weighted by atomic mass is 32.2. The summed E-state index contributed by atoms with van der Waals surface area (Å²) in [5.74, 6) is -0.0327. The Labute approximate surface area is 237 Å². The first-order valence-corrected chi connectivity index (χ1v) is 15.7. The average Bonchev–Trinajstić information content (AvgIpc) is 3.60. The number of nitrogens with one attached hydrogen (secondary N) is 2. The van der Waals surface area contributed by atoms with E-state index in [9.17, 15) is 13.2 Å². The number of sulfone groups is 1. The van der Waals surface area contributed by atoms with Crippen LogP contribution in [-0.4, -0.2) is 74.8 Å². The van der Waals surface area contributed by atoms with Gasteiger partial charge in [-0.15, -0.1) is 0 Å². The van der Waals surface area contributed by atoms with E-state index in [-0.39, 0.29) is 28.1 Å². The summed E-state index contributed by atoms with van der Waals surface area (Å²) >= 11 is 1.22. The number of hydrogen-bond donors (Lipinski definition) is 2. The number of hydrogen-bond acceptors (Lipinski definition) is 11. The quantitative estimate of drug-likeness (QED) is 0.174. The number of anilines is 1.